The summed E-state index contributed by atoms with van der Waals surface area (Å²) in [6.07, 6.45) is 3.92. The van der Waals surface area contributed by atoms with Gasteiger partial charge in [0.1, 0.15) is 0 Å². The molecule has 1 aromatic rings. The van der Waals surface area contributed by atoms with E-state index >= 15 is 0 Å². The Morgan fingerprint density at radius 3 is 2.68 bits per heavy atom. The summed E-state index contributed by atoms with van der Waals surface area (Å²) in [6.45, 7) is 4.51. The van der Waals surface area contributed by atoms with Crippen molar-refractivity contribution >= 4 is 17.5 Å². The van der Waals surface area contributed by atoms with Crippen LogP contribution in [0.4, 0.5) is 5.69 Å². The van der Waals surface area contributed by atoms with Crippen molar-refractivity contribution in [2.45, 2.75) is 52.1 Å². The number of hydrogen-bond acceptors (Lipinski definition) is 3. The van der Waals surface area contributed by atoms with Crippen LogP contribution in [0.5, 0.6) is 0 Å². The molecule has 2 aliphatic carbocycles. The molecule has 2 aliphatic rings. The highest BCUT2D eigenvalue weighted by molar-refractivity contribution is 5.90. The SMILES string of the molecule is CC(C)CC(=O)Nc1cccc(CNC(=O)C2C3CCC(C3)C2N)c1. The minimum atomic E-state index is -0.0346. The second-order valence-corrected chi connectivity index (χ2v) is 8.00. The summed E-state index contributed by atoms with van der Waals surface area (Å²) in [6, 6.07) is 7.66. The average Bonchev–Trinajstić information content (AvgIpc) is 3.13. The number of rotatable bonds is 6. The minimum absolute atomic E-state index is 0.0143. The zero-order valence-corrected chi connectivity index (χ0v) is 15.1. The van der Waals surface area contributed by atoms with Crippen molar-refractivity contribution in [2.75, 3.05) is 5.32 Å². The van der Waals surface area contributed by atoms with Crippen LogP contribution in [0.25, 0.3) is 0 Å². The van der Waals surface area contributed by atoms with Crippen molar-refractivity contribution in [2.24, 2.45) is 29.4 Å². The maximum absolute atomic E-state index is 12.5. The van der Waals surface area contributed by atoms with E-state index in [1.165, 1.54) is 6.42 Å². The molecule has 3 rings (SSSR count). The number of benzene rings is 1. The molecular weight excluding hydrogens is 314 g/mol. The van der Waals surface area contributed by atoms with Gasteiger partial charge in [-0.3, -0.25) is 9.59 Å². The Morgan fingerprint density at radius 2 is 2.00 bits per heavy atom. The summed E-state index contributed by atoms with van der Waals surface area (Å²) in [5, 5.41) is 5.95. The van der Waals surface area contributed by atoms with Gasteiger partial charge in [-0.25, -0.2) is 0 Å². The predicted molar refractivity (Wildman–Crippen MR) is 98.7 cm³/mol. The van der Waals surface area contributed by atoms with Gasteiger partial charge in [0.15, 0.2) is 0 Å². The van der Waals surface area contributed by atoms with E-state index in [0.29, 0.717) is 30.7 Å². The molecule has 5 heteroatoms. The molecule has 4 atom stereocenters. The first-order valence-electron chi connectivity index (χ1n) is 9.36. The van der Waals surface area contributed by atoms with Gasteiger partial charge in [-0.15, -0.1) is 0 Å². The van der Waals surface area contributed by atoms with Gasteiger partial charge >= 0.3 is 0 Å². The second kappa shape index (κ2) is 7.56. The normalized spacial score (nSPS) is 27.5. The molecule has 5 nitrogen and oxygen atoms in total. The Balaban J connectivity index is 1.54. The van der Waals surface area contributed by atoms with Crippen molar-refractivity contribution < 1.29 is 9.59 Å². The first-order valence-corrected chi connectivity index (χ1v) is 9.36. The summed E-state index contributed by atoms with van der Waals surface area (Å²) < 4.78 is 0. The van der Waals surface area contributed by atoms with E-state index in [1.807, 2.05) is 38.1 Å². The predicted octanol–water partition coefficient (Wildman–Crippen LogP) is 2.66. The molecule has 2 bridgehead atoms. The van der Waals surface area contributed by atoms with Gasteiger partial charge in [0, 0.05) is 24.7 Å². The quantitative estimate of drug-likeness (QED) is 0.742. The standard InChI is InChI=1S/C20H29N3O2/c1-12(2)8-17(24)23-16-5-3-4-13(9-16)11-22-20(25)18-14-6-7-15(10-14)19(18)21/h3-5,9,12,14-15,18-19H,6-8,10-11,21H2,1-2H3,(H,22,25)(H,23,24). The third kappa shape index (κ3) is 4.21. The average molecular weight is 343 g/mol. The maximum atomic E-state index is 12.5. The van der Waals surface area contributed by atoms with E-state index in [-0.39, 0.29) is 23.8 Å². The number of nitrogens with one attached hydrogen (secondary N) is 2. The molecule has 0 heterocycles. The lowest BCUT2D eigenvalue weighted by Crippen LogP contribution is -2.45. The first kappa shape index (κ1) is 17.9. The van der Waals surface area contributed by atoms with Crippen LogP contribution in [-0.4, -0.2) is 17.9 Å². The molecule has 2 amide bonds. The van der Waals surface area contributed by atoms with E-state index < -0.39 is 0 Å². The van der Waals surface area contributed by atoms with Gasteiger partial charge in [-0.05, 0) is 54.7 Å². The fourth-order valence-corrected chi connectivity index (χ4v) is 4.37. The third-order valence-electron chi connectivity index (χ3n) is 5.55. The molecule has 136 valence electrons. The highest BCUT2D eigenvalue weighted by Crippen LogP contribution is 2.47. The Labute approximate surface area is 149 Å². The lowest BCUT2D eigenvalue weighted by Gasteiger charge is -2.27. The van der Waals surface area contributed by atoms with E-state index in [2.05, 4.69) is 10.6 Å². The van der Waals surface area contributed by atoms with Gasteiger partial charge in [-0.2, -0.15) is 0 Å². The fourth-order valence-electron chi connectivity index (χ4n) is 4.37. The number of anilines is 1. The maximum Gasteiger partial charge on any atom is 0.225 e. The highest BCUT2D eigenvalue weighted by Gasteiger charge is 2.48. The lowest BCUT2D eigenvalue weighted by molar-refractivity contribution is -0.127. The van der Waals surface area contributed by atoms with Crippen LogP contribution in [-0.2, 0) is 16.1 Å². The second-order valence-electron chi connectivity index (χ2n) is 8.00. The molecule has 4 unspecified atom stereocenters. The van der Waals surface area contributed by atoms with Crippen LogP contribution in [0.3, 0.4) is 0 Å². The van der Waals surface area contributed by atoms with Crippen molar-refractivity contribution in [3.8, 4) is 0 Å². The largest absolute Gasteiger partial charge is 0.352 e. The Hall–Kier alpha value is -1.88. The lowest BCUT2D eigenvalue weighted by atomic mass is 9.84. The topological polar surface area (TPSA) is 84.2 Å². The summed E-state index contributed by atoms with van der Waals surface area (Å²) in [7, 11) is 0. The molecule has 4 N–H and O–H groups in total. The van der Waals surface area contributed by atoms with E-state index in [1.54, 1.807) is 0 Å². The summed E-state index contributed by atoms with van der Waals surface area (Å²) in [4.78, 5) is 24.4. The first-order chi connectivity index (χ1) is 11.9. The Morgan fingerprint density at radius 1 is 1.24 bits per heavy atom. The number of nitrogens with two attached hydrogens (primary N) is 1. The number of carbonyl (C=O) groups excluding carboxylic acids is 2. The van der Waals surface area contributed by atoms with E-state index in [4.69, 9.17) is 5.73 Å². The summed E-state index contributed by atoms with van der Waals surface area (Å²) >= 11 is 0. The smallest absolute Gasteiger partial charge is 0.225 e. The van der Waals surface area contributed by atoms with E-state index in [9.17, 15) is 9.59 Å². The van der Waals surface area contributed by atoms with Crippen molar-refractivity contribution in [3.05, 3.63) is 29.8 Å². The molecule has 0 spiro atoms. The molecule has 25 heavy (non-hydrogen) atoms. The Kier molecular flexibility index (Phi) is 5.42. The molecule has 2 saturated carbocycles. The molecule has 2 fully saturated rings. The number of carbonyl (C=O) groups is 2. The zero-order valence-electron chi connectivity index (χ0n) is 15.1. The van der Waals surface area contributed by atoms with Crippen molar-refractivity contribution in [3.63, 3.8) is 0 Å². The highest BCUT2D eigenvalue weighted by atomic mass is 16.2. The van der Waals surface area contributed by atoms with Gasteiger partial charge in [0.2, 0.25) is 11.8 Å². The summed E-state index contributed by atoms with van der Waals surface area (Å²) in [5.74, 6) is 1.38. The zero-order chi connectivity index (χ0) is 18.0. The molecule has 0 aliphatic heterocycles. The molecule has 0 saturated heterocycles. The number of fused-ring (bicyclic) bond motifs is 2. The van der Waals surface area contributed by atoms with Crippen LogP contribution in [0.1, 0.15) is 45.1 Å². The van der Waals surface area contributed by atoms with Crippen LogP contribution in [0.15, 0.2) is 24.3 Å². The van der Waals surface area contributed by atoms with Gasteiger partial charge in [0.05, 0.1) is 5.92 Å². The van der Waals surface area contributed by atoms with Crippen molar-refractivity contribution in [1.29, 1.82) is 0 Å². The van der Waals surface area contributed by atoms with Gasteiger partial charge in [-0.1, -0.05) is 26.0 Å². The van der Waals surface area contributed by atoms with Crippen LogP contribution >= 0.6 is 0 Å². The van der Waals surface area contributed by atoms with Crippen LogP contribution < -0.4 is 16.4 Å². The molecular formula is C20H29N3O2. The monoisotopic (exact) mass is 343 g/mol. The Bertz CT molecular complexity index is 642. The van der Waals surface area contributed by atoms with Crippen LogP contribution in [0.2, 0.25) is 0 Å². The molecule has 0 aromatic heterocycles. The van der Waals surface area contributed by atoms with Crippen LogP contribution in [0, 0.1) is 23.7 Å². The number of amides is 2. The summed E-state index contributed by atoms with van der Waals surface area (Å²) in [5.41, 5.74) is 8.00. The van der Waals surface area contributed by atoms with Gasteiger partial charge < -0.3 is 16.4 Å². The molecule has 1 aromatic carbocycles. The van der Waals surface area contributed by atoms with Gasteiger partial charge in [0.25, 0.3) is 0 Å². The number of hydrogen-bond donors (Lipinski definition) is 3. The van der Waals surface area contributed by atoms with E-state index in [0.717, 1.165) is 24.1 Å². The van der Waals surface area contributed by atoms with Crippen molar-refractivity contribution in [1.82, 2.24) is 5.32 Å². The minimum Gasteiger partial charge on any atom is -0.352 e. The third-order valence-corrected chi connectivity index (χ3v) is 5.55. The molecule has 0 radical (unpaired) electrons. The fraction of sp³-hybridized carbons (Fsp3) is 0.600.